The maximum Gasteiger partial charge on any atom is 0.374 e. The molecule has 0 bridgehead atoms. The summed E-state index contributed by atoms with van der Waals surface area (Å²) in [5.41, 5.74) is 3.66. The number of hydrogen-bond donors (Lipinski definition) is 1. The van der Waals surface area contributed by atoms with Crippen LogP contribution in [0.5, 0.6) is 17.2 Å². The average Bonchev–Trinajstić information content (AvgIpc) is 3.45. The maximum absolute atomic E-state index is 11.6. The smallest absolute Gasteiger partial charge is 0.374 e. The predicted octanol–water partition coefficient (Wildman–Crippen LogP) is 4.18. The lowest BCUT2D eigenvalue weighted by atomic mass is 10.1. The zero-order valence-electron chi connectivity index (χ0n) is 24.7. The van der Waals surface area contributed by atoms with Gasteiger partial charge in [0.05, 0.1) is 47.9 Å². The number of methoxy groups -OCH3 is 2. The molecule has 1 aromatic heterocycles. The third-order valence-electron chi connectivity index (χ3n) is 7.18. The molecule has 0 spiro atoms. The number of aromatic nitrogens is 1. The normalized spacial score (nSPS) is 15.6. The van der Waals surface area contributed by atoms with Gasteiger partial charge < -0.3 is 28.1 Å². The lowest BCUT2D eigenvalue weighted by molar-refractivity contribution is -0.677. The minimum atomic E-state index is -4.45. The summed E-state index contributed by atoms with van der Waals surface area (Å²) in [4.78, 5) is 1.85. The Kier molecular flexibility index (Phi) is 9.74. The van der Waals surface area contributed by atoms with Gasteiger partial charge in [-0.25, -0.2) is 8.42 Å². The average molecular weight is 637 g/mol. The van der Waals surface area contributed by atoms with Gasteiger partial charge in [0.1, 0.15) is 0 Å². The van der Waals surface area contributed by atoms with Gasteiger partial charge in [-0.05, 0) is 50.0 Å². The predicted molar refractivity (Wildman–Crippen MR) is 160 cm³/mol. The minimum absolute atomic E-state index is 0.103. The second-order valence-corrected chi connectivity index (χ2v) is 13.6. The molecule has 0 saturated heterocycles. The van der Waals surface area contributed by atoms with Gasteiger partial charge in [0.15, 0.2) is 23.8 Å². The first-order chi connectivity index (χ1) is 20.2. The van der Waals surface area contributed by atoms with Crippen molar-refractivity contribution in [1.82, 2.24) is 0 Å². The van der Waals surface area contributed by atoms with E-state index in [4.69, 9.17) is 18.6 Å². The summed E-state index contributed by atoms with van der Waals surface area (Å²) in [7, 11) is -5.59. The van der Waals surface area contributed by atoms with Gasteiger partial charge in [0.25, 0.3) is 15.6 Å². The van der Waals surface area contributed by atoms with Gasteiger partial charge in [-0.15, -0.1) is 0 Å². The fourth-order valence-electron chi connectivity index (χ4n) is 4.74. The van der Waals surface area contributed by atoms with Crippen LogP contribution in [0, 0.1) is 6.92 Å². The van der Waals surface area contributed by atoms with Crippen LogP contribution in [0.1, 0.15) is 44.6 Å². The van der Waals surface area contributed by atoms with Crippen molar-refractivity contribution in [1.29, 1.82) is 0 Å². The minimum Gasteiger partial charge on any atom is -0.748 e. The largest absolute Gasteiger partial charge is 0.748 e. The van der Waals surface area contributed by atoms with Crippen LogP contribution in [0.4, 0.5) is 5.69 Å². The molecule has 12 nitrogen and oxygen atoms in total. The Morgan fingerprint density at radius 2 is 1.84 bits per heavy atom. The summed E-state index contributed by atoms with van der Waals surface area (Å²) in [5, 5.41) is -1.07. The molecule has 4 rings (SSSR count). The molecule has 0 saturated carbocycles. The molecule has 0 aliphatic carbocycles. The quantitative estimate of drug-likeness (QED) is 0.212. The molecule has 2 heterocycles. The first kappa shape index (κ1) is 32.3. The van der Waals surface area contributed by atoms with Crippen molar-refractivity contribution >= 4 is 43.1 Å². The molecule has 2 aromatic carbocycles. The van der Waals surface area contributed by atoms with E-state index in [0.29, 0.717) is 46.5 Å². The van der Waals surface area contributed by atoms with Crippen LogP contribution in [0.3, 0.4) is 0 Å². The van der Waals surface area contributed by atoms with Crippen LogP contribution in [0.15, 0.2) is 52.3 Å². The molecule has 0 radical (unpaired) electrons. The Balaban J connectivity index is 1.77. The maximum atomic E-state index is 11.6. The fraction of sp³-hybridized carbons (Fsp3) is 0.414. The van der Waals surface area contributed by atoms with E-state index in [1.165, 1.54) is 21.1 Å². The summed E-state index contributed by atoms with van der Waals surface area (Å²) >= 11 is 0. The Morgan fingerprint density at radius 1 is 1.14 bits per heavy atom. The standard InChI is InChI=1S/C29H36N2O10S2/c1-6-21(16-29-31(12-10-20(3)43(35,36)37)22-14-19(2)8-9-24(22)40-29)15-28-30(11-7-13-42(32,33)34)23-17-26(38-4)27(39-5)18-25(23)41-28/h8-9,14-18,20H,6-7,10-13H2,1-5H3,(H-,32,33,34,35,36,37). The van der Waals surface area contributed by atoms with Crippen molar-refractivity contribution in [3.05, 3.63) is 59.3 Å². The highest BCUT2D eigenvalue weighted by Crippen LogP contribution is 2.40. The van der Waals surface area contributed by atoms with Crippen LogP contribution >= 0.6 is 0 Å². The van der Waals surface area contributed by atoms with Crippen LogP contribution in [-0.4, -0.2) is 57.7 Å². The van der Waals surface area contributed by atoms with E-state index >= 15 is 0 Å². The number of anilines is 1. The van der Waals surface area contributed by atoms with Crippen molar-refractivity contribution < 1.29 is 49.1 Å². The summed E-state index contributed by atoms with van der Waals surface area (Å²) in [6, 6.07) is 9.10. The van der Waals surface area contributed by atoms with Crippen LogP contribution in [-0.2, 0) is 26.8 Å². The molecule has 1 N–H and O–H groups in total. The number of allylic oxidation sites excluding steroid dienone is 2. The molecule has 1 atom stereocenters. The molecule has 1 aliphatic heterocycles. The van der Waals surface area contributed by atoms with E-state index < -0.39 is 31.2 Å². The van der Waals surface area contributed by atoms with Crippen LogP contribution in [0.25, 0.3) is 17.2 Å². The second kappa shape index (κ2) is 13.0. The fourth-order valence-corrected chi connectivity index (χ4v) is 5.63. The van der Waals surface area contributed by atoms with E-state index in [0.717, 1.165) is 16.8 Å². The monoisotopic (exact) mass is 636 g/mol. The lowest BCUT2D eigenvalue weighted by Gasteiger charge is -2.22. The van der Waals surface area contributed by atoms with Crippen molar-refractivity contribution in [2.24, 2.45) is 0 Å². The first-order valence-corrected chi connectivity index (χ1v) is 16.8. The van der Waals surface area contributed by atoms with E-state index in [-0.39, 0.29) is 25.9 Å². The van der Waals surface area contributed by atoms with E-state index in [2.05, 4.69) is 0 Å². The van der Waals surface area contributed by atoms with Crippen LogP contribution < -0.4 is 23.7 Å². The zero-order valence-corrected chi connectivity index (χ0v) is 26.3. The Labute approximate surface area is 251 Å². The molecule has 3 aromatic rings. The highest BCUT2D eigenvalue weighted by atomic mass is 32.2. The Hall–Kier alpha value is -3.59. The second-order valence-electron chi connectivity index (χ2n) is 10.3. The van der Waals surface area contributed by atoms with Crippen molar-refractivity contribution in [3.8, 4) is 17.2 Å². The van der Waals surface area contributed by atoms with Gasteiger partial charge in [0.2, 0.25) is 11.5 Å². The number of aryl methyl sites for hydroxylation is 2. The van der Waals surface area contributed by atoms with Crippen molar-refractivity contribution in [2.45, 2.75) is 51.8 Å². The third-order valence-corrected chi connectivity index (χ3v) is 9.21. The molecule has 0 fully saturated rings. The molecule has 234 valence electrons. The number of rotatable bonds is 13. The molecule has 0 amide bonds. The number of fused-ring (bicyclic) bond motifs is 2. The molecular formula is C29H36N2O10S2. The van der Waals surface area contributed by atoms with E-state index in [1.807, 2.05) is 43.0 Å². The number of oxazole rings is 1. The van der Waals surface area contributed by atoms with Crippen molar-refractivity contribution in [2.75, 3.05) is 31.4 Å². The van der Waals surface area contributed by atoms with Crippen LogP contribution in [0.2, 0.25) is 0 Å². The summed E-state index contributed by atoms with van der Waals surface area (Å²) in [5.74, 6) is 1.98. The summed E-state index contributed by atoms with van der Waals surface area (Å²) < 4.78 is 91.8. The Morgan fingerprint density at radius 3 is 2.47 bits per heavy atom. The summed E-state index contributed by atoms with van der Waals surface area (Å²) in [6.45, 7) is 5.74. The van der Waals surface area contributed by atoms with E-state index in [1.54, 1.807) is 22.8 Å². The third kappa shape index (κ3) is 7.68. The van der Waals surface area contributed by atoms with E-state index in [9.17, 15) is 25.9 Å². The molecule has 1 aliphatic rings. The topological polar surface area (TPSA) is 160 Å². The highest BCUT2D eigenvalue weighted by Gasteiger charge is 2.29. The molecule has 1 unspecified atom stereocenters. The molecule has 43 heavy (non-hydrogen) atoms. The first-order valence-electron chi connectivity index (χ1n) is 13.7. The van der Waals surface area contributed by atoms with Gasteiger partial charge >= 0.3 is 5.89 Å². The number of hydrogen-bond acceptors (Lipinski definition) is 10. The van der Waals surface area contributed by atoms with Crippen molar-refractivity contribution in [3.63, 3.8) is 0 Å². The molecule has 14 heteroatoms. The van der Waals surface area contributed by atoms with Gasteiger partial charge in [-0.2, -0.15) is 13.0 Å². The number of nitrogens with zero attached hydrogens (tertiary/aromatic N) is 2. The highest BCUT2D eigenvalue weighted by molar-refractivity contribution is 7.86. The SMILES string of the molecule is CCC(/C=C1\Oc2ccc(C)cc2N1CCC(C)S(=O)(=O)[O-])=C\c1oc2cc(OC)c(OC)cc2[n+]1CCCS(=O)(=O)O. The lowest BCUT2D eigenvalue weighted by Crippen LogP contribution is -2.36. The van der Waals surface area contributed by atoms with Gasteiger partial charge in [-0.1, -0.05) is 13.0 Å². The number of ether oxygens (including phenoxy) is 3. The number of benzene rings is 2. The molecular weight excluding hydrogens is 600 g/mol. The Bertz CT molecular complexity index is 1780. The zero-order chi connectivity index (χ0) is 31.5. The van der Waals surface area contributed by atoms with Gasteiger partial charge in [-0.3, -0.25) is 4.55 Å². The van der Waals surface area contributed by atoms with Gasteiger partial charge in [0, 0.05) is 30.4 Å². The summed E-state index contributed by atoms with van der Waals surface area (Å²) in [6.07, 6.45) is 4.41.